The quantitative estimate of drug-likeness (QED) is 0.738. The molecule has 0 unspecified atom stereocenters. The van der Waals surface area contributed by atoms with Crippen LogP contribution in [-0.2, 0) is 6.42 Å². The molecule has 3 aromatic rings. The van der Waals surface area contributed by atoms with Crippen molar-refractivity contribution in [3.05, 3.63) is 76.1 Å². The number of aliphatic hydroxyl groups is 1. The molecule has 0 radical (unpaired) electrons. The lowest BCUT2D eigenvalue weighted by atomic mass is 9.97. The van der Waals surface area contributed by atoms with Gasteiger partial charge in [-0.15, -0.1) is 0 Å². The molecule has 1 aliphatic rings. The average Bonchev–Trinajstić information content (AvgIpc) is 3.03. The summed E-state index contributed by atoms with van der Waals surface area (Å²) >= 11 is 0. The molecule has 1 saturated heterocycles. The number of hydrogen-bond donors (Lipinski definition) is 2. The molecule has 0 aliphatic carbocycles. The van der Waals surface area contributed by atoms with E-state index in [0.717, 1.165) is 5.56 Å². The first kappa shape index (κ1) is 17.4. The van der Waals surface area contributed by atoms with E-state index in [1.165, 1.54) is 29.2 Å². The molecule has 1 fully saturated rings. The summed E-state index contributed by atoms with van der Waals surface area (Å²) in [5.41, 5.74) is 0.653. The molecule has 0 bridgehead atoms. The number of nitrogens with one attached hydrogen (secondary N) is 1. The number of pyridine rings is 2. The van der Waals surface area contributed by atoms with Crippen molar-refractivity contribution in [3.8, 4) is 0 Å². The van der Waals surface area contributed by atoms with E-state index >= 15 is 0 Å². The fourth-order valence-corrected chi connectivity index (χ4v) is 3.56. The van der Waals surface area contributed by atoms with Crippen molar-refractivity contribution in [2.24, 2.45) is 5.92 Å². The van der Waals surface area contributed by atoms with Gasteiger partial charge in [-0.2, -0.15) is 0 Å². The third kappa shape index (κ3) is 3.33. The van der Waals surface area contributed by atoms with E-state index in [0.29, 0.717) is 13.0 Å². The molecule has 2 N–H and O–H groups in total. The molecule has 2 aromatic heterocycles. The molecule has 2 atom stereocenters. The Morgan fingerprint density at radius 1 is 1.26 bits per heavy atom. The van der Waals surface area contributed by atoms with Gasteiger partial charge in [0.25, 0.3) is 5.91 Å². The molecule has 7 heteroatoms. The normalized spacial score (nSPS) is 19.6. The number of amides is 1. The Hall–Kier alpha value is -3.06. The molecule has 4 rings (SSSR count). The Morgan fingerprint density at radius 2 is 2.04 bits per heavy atom. The molecule has 3 heterocycles. The number of para-hydroxylation sites is 1. The number of benzene rings is 1. The van der Waals surface area contributed by atoms with Crippen LogP contribution in [0.3, 0.4) is 0 Å². The van der Waals surface area contributed by atoms with Crippen LogP contribution in [0.25, 0.3) is 10.9 Å². The van der Waals surface area contributed by atoms with Gasteiger partial charge in [0, 0.05) is 42.9 Å². The summed E-state index contributed by atoms with van der Waals surface area (Å²) in [6.45, 7) is 0.533. The lowest BCUT2D eigenvalue weighted by molar-refractivity contribution is 0.0759. The molecular weight excluding hydrogens is 349 g/mol. The summed E-state index contributed by atoms with van der Waals surface area (Å²) in [6, 6.07) is 9.13. The van der Waals surface area contributed by atoms with Gasteiger partial charge in [0.15, 0.2) is 5.43 Å². The second-order valence-electron chi connectivity index (χ2n) is 6.81. The Bertz CT molecular complexity index is 1050. The molecule has 27 heavy (non-hydrogen) atoms. The lowest BCUT2D eigenvalue weighted by Gasteiger charge is -2.16. The summed E-state index contributed by atoms with van der Waals surface area (Å²) in [4.78, 5) is 33.2. The van der Waals surface area contributed by atoms with Crippen LogP contribution in [0, 0.1) is 11.7 Å². The van der Waals surface area contributed by atoms with E-state index in [1.54, 1.807) is 12.4 Å². The van der Waals surface area contributed by atoms with Crippen LogP contribution in [-0.4, -0.2) is 45.1 Å². The third-order valence-electron chi connectivity index (χ3n) is 4.99. The molecule has 0 saturated carbocycles. The molecular formula is C20H18FN3O3. The van der Waals surface area contributed by atoms with Crippen LogP contribution in [0.4, 0.5) is 4.39 Å². The van der Waals surface area contributed by atoms with Crippen LogP contribution in [0.2, 0.25) is 0 Å². The zero-order chi connectivity index (χ0) is 19.0. The first-order chi connectivity index (χ1) is 13.0. The number of aliphatic hydroxyl groups excluding tert-OH is 1. The van der Waals surface area contributed by atoms with Gasteiger partial charge in [-0.1, -0.05) is 6.07 Å². The molecule has 6 nitrogen and oxygen atoms in total. The van der Waals surface area contributed by atoms with Crippen molar-refractivity contribution in [2.45, 2.75) is 12.5 Å². The number of rotatable bonds is 3. The number of halogens is 1. The van der Waals surface area contributed by atoms with E-state index in [4.69, 9.17) is 0 Å². The highest BCUT2D eigenvalue weighted by Gasteiger charge is 2.34. The fourth-order valence-electron chi connectivity index (χ4n) is 3.56. The van der Waals surface area contributed by atoms with Gasteiger partial charge < -0.3 is 15.0 Å². The van der Waals surface area contributed by atoms with Gasteiger partial charge in [0.2, 0.25) is 0 Å². The van der Waals surface area contributed by atoms with Gasteiger partial charge in [0.1, 0.15) is 11.5 Å². The number of carbonyl (C=O) groups excluding carboxylic acids is 1. The highest BCUT2D eigenvalue weighted by Crippen LogP contribution is 2.23. The number of fused-ring (bicyclic) bond motifs is 1. The smallest absolute Gasteiger partial charge is 0.270 e. The zero-order valence-electron chi connectivity index (χ0n) is 14.4. The van der Waals surface area contributed by atoms with Crippen LogP contribution < -0.4 is 5.43 Å². The lowest BCUT2D eigenvalue weighted by Crippen LogP contribution is -2.31. The maximum Gasteiger partial charge on any atom is 0.270 e. The Labute approximate surface area is 154 Å². The van der Waals surface area contributed by atoms with Crippen molar-refractivity contribution in [1.29, 1.82) is 0 Å². The van der Waals surface area contributed by atoms with Crippen molar-refractivity contribution in [1.82, 2.24) is 14.9 Å². The van der Waals surface area contributed by atoms with Crippen molar-refractivity contribution in [3.63, 3.8) is 0 Å². The van der Waals surface area contributed by atoms with Gasteiger partial charge in [0.05, 0.1) is 11.6 Å². The first-order valence-corrected chi connectivity index (χ1v) is 8.70. The maximum atomic E-state index is 14.0. The fraction of sp³-hybridized carbons (Fsp3) is 0.250. The second kappa shape index (κ2) is 6.92. The molecule has 1 aromatic carbocycles. The number of hydrogen-bond acceptors (Lipinski definition) is 4. The van der Waals surface area contributed by atoms with E-state index < -0.39 is 23.3 Å². The molecule has 0 spiro atoms. The number of carbonyl (C=O) groups is 1. The summed E-state index contributed by atoms with van der Waals surface area (Å²) < 4.78 is 14.0. The van der Waals surface area contributed by atoms with Crippen LogP contribution in [0.15, 0.2) is 53.6 Å². The van der Waals surface area contributed by atoms with Crippen LogP contribution >= 0.6 is 0 Å². The van der Waals surface area contributed by atoms with Gasteiger partial charge in [-0.3, -0.25) is 14.6 Å². The number of β-amino-alcohol motifs (C(OH)–C–C–N with tert-alkyl or cyclic N) is 1. The van der Waals surface area contributed by atoms with Crippen molar-refractivity contribution in [2.75, 3.05) is 13.1 Å². The summed E-state index contributed by atoms with van der Waals surface area (Å²) in [5.74, 6) is -1.12. The van der Waals surface area contributed by atoms with Gasteiger partial charge in [-0.25, -0.2) is 4.39 Å². The second-order valence-corrected chi connectivity index (χ2v) is 6.81. The monoisotopic (exact) mass is 367 g/mol. The Morgan fingerprint density at radius 3 is 2.81 bits per heavy atom. The number of H-pyrrole nitrogens is 1. The predicted octanol–water partition coefficient (Wildman–Crippen LogP) is 1.74. The van der Waals surface area contributed by atoms with E-state index in [1.807, 2.05) is 12.1 Å². The summed E-state index contributed by atoms with van der Waals surface area (Å²) in [5, 5.41) is 10.5. The van der Waals surface area contributed by atoms with E-state index in [2.05, 4.69) is 9.97 Å². The highest BCUT2D eigenvalue weighted by atomic mass is 19.1. The zero-order valence-corrected chi connectivity index (χ0v) is 14.4. The number of likely N-dealkylation sites (tertiary alicyclic amines) is 1. The Kier molecular flexibility index (Phi) is 4.45. The Balaban J connectivity index is 1.57. The SMILES string of the molecule is O=C(c1cc(=O)c2cccc(F)c2[nH]1)N1C[C@@H](Cc2ccncc2)[C@@H](O)C1. The van der Waals surface area contributed by atoms with E-state index in [-0.39, 0.29) is 29.1 Å². The minimum atomic E-state index is -0.661. The highest BCUT2D eigenvalue weighted by molar-refractivity contribution is 5.95. The van der Waals surface area contributed by atoms with Crippen LogP contribution in [0.1, 0.15) is 16.1 Å². The minimum absolute atomic E-state index is 0.0152. The first-order valence-electron chi connectivity index (χ1n) is 8.70. The summed E-state index contributed by atoms with van der Waals surface area (Å²) in [6.07, 6.45) is 3.34. The standard InChI is InChI=1S/C20H18FN3O3/c21-15-3-1-2-14-17(25)9-16(23-19(14)15)20(27)24-10-13(18(26)11-24)8-12-4-6-22-7-5-12/h1-7,9,13,18,26H,8,10-11H2,(H,23,25)/t13-,18+/m1/s1. The molecule has 138 valence electrons. The predicted molar refractivity (Wildman–Crippen MR) is 97.9 cm³/mol. The van der Waals surface area contributed by atoms with Crippen molar-refractivity contribution >= 4 is 16.8 Å². The van der Waals surface area contributed by atoms with Gasteiger partial charge >= 0.3 is 0 Å². The number of aromatic nitrogens is 2. The number of aromatic amines is 1. The van der Waals surface area contributed by atoms with Gasteiger partial charge in [-0.05, 0) is 36.2 Å². The summed E-state index contributed by atoms with van der Waals surface area (Å²) in [7, 11) is 0. The average molecular weight is 367 g/mol. The van der Waals surface area contributed by atoms with Crippen LogP contribution in [0.5, 0.6) is 0 Å². The largest absolute Gasteiger partial charge is 0.391 e. The minimum Gasteiger partial charge on any atom is -0.391 e. The van der Waals surface area contributed by atoms with E-state index in [9.17, 15) is 19.1 Å². The maximum absolute atomic E-state index is 14.0. The molecule has 1 aliphatic heterocycles. The van der Waals surface area contributed by atoms with Crippen molar-refractivity contribution < 1.29 is 14.3 Å². The topological polar surface area (TPSA) is 86.3 Å². The molecule has 1 amide bonds. The number of nitrogens with zero attached hydrogens (tertiary/aromatic N) is 2. The third-order valence-corrected chi connectivity index (χ3v) is 4.99.